The van der Waals surface area contributed by atoms with Crippen LogP contribution in [0.1, 0.15) is 95.1 Å². The number of pyridine rings is 1. The molecule has 20 heteroatoms. The number of amides is 2. The van der Waals surface area contributed by atoms with Crippen LogP contribution >= 0.6 is 0 Å². The van der Waals surface area contributed by atoms with Gasteiger partial charge in [0, 0.05) is 79.7 Å². The number of terminal acetylenes is 1. The van der Waals surface area contributed by atoms with Gasteiger partial charge >= 0.3 is 6.01 Å². The first kappa shape index (κ1) is 56.4. The summed E-state index contributed by atoms with van der Waals surface area (Å²) in [6.45, 7) is 13.2. The third-order valence-electron chi connectivity index (χ3n) is 16.0. The predicted octanol–water partition coefficient (Wildman–Crippen LogP) is 10.2. The van der Waals surface area contributed by atoms with Gasteiger partial charge in [-0.2, -0.15) is 9.97 Å². The molecule has 5 unspecified atom stereocenters. The lowest BCUT2D eigenvalue weighted by atomic mass is 9.91. The van der Waals surface area contributed by atoms with Crippen LogP contribution in [0.15, 0.2) is 77.4 Å². The van der Waals surface area contributed by atoms with Crippen LogP contribution < -0.4 is 25.0 Å². The van der Waals surface area contributed by atoms with E-state index in [4.69, 9.17) is 25.4 Å². The summed E-state index contributed by atoms with van der Waals surface area (Å²) in [6, 6.07) is 15.6. The lowest BCUT2D eigenvalue weighted by Gasteiger charge is -2.34. The molecule has 0 aliphatic carbocycles. The SMILES string of the molecule is C#Cc1c(F)ccc2cc(O)cc(-c3ncc4c(N5CC6CCC(C5)N6)nc(OCCN5CCC(COc6cc(C(C(=O)N7CCCC7C)C(C)C)on6)CC5)nc4c3F)c12.CC(NC=O)c1ccc(-c2c(F)cc(F)cc2F)cc1. The van der Waals surface area contributed by atoms with E-state index in [1.807, 2.05) is 18.7 Å². The number of fused-ring (bicyclic) bond motifs is 4. The number of ether oxygens (including phenoxy) is 2. The summed E-state index contributed by atoms with van der Waals surface area (Å²) in [5.41, 5.74) is 0.834. The average molecular weight is 1110 g/mol. The number of piperazine rings is 1. The topological polar surface area (TPSA) is 171 Å². The summed E-state index contributed by atoms with van der Waals surface area (Å²) in [4.78, 5) is 44.2. The van der Waals surface area contributed by atoms with Crippen LogP contribution in [0.5, 0.6) is 17.6 Å². The lowest BCUT2D eigenvalue weighted by Crippen LogP contribution is -2.51. The van der Waals surface area contributed by atoms with Crippen molar-refractivity contribution in [1.82, 2.24) is 40.5 Å². The molecule has 4 aromatic carbocycles. The van der Waals surface area contributed by atoms with Gasteiger partial charge in [-0.05, 0) is 117 Å². The number of aromatic nitrogens is 4. The Bertz CT molecular complexity index is 3440. The molecule has 7 aromatic rings. The summed E-state index contributed by atoms with van der Waals surface area (Å²) in [5.74, 6) is -0.404. The number of piperidine rings is 1. The summed E-state index contributed by atoms with van der Waals surface area (Å²) in [7, 11) is 0. The van der Waals surface area contributed by atoms with Crippen molar-refractivity contribution in [2.45, 2.75) is 96.3 Å². The number of carbonyl (C=O) groups is 2. The van der Waals surface area contributed by atoms with Gasteiger partial charge in [0.15, 0.2) is 11.6 Å². The highest BCUT2D eigenvalue weighted by Crippen LogP contribution is 2.40. The zero-order chi connectivity index (χ0) is 57.1. The van der Waals surface area contributed by atoms with Crippen LogP contribution in [0.2, 0.25) is 0 Å². The van der Waals surface area contributed by atoms with Crippen LogP contribution in [-0.4, -0.2) is 118 Å². The van der Waals surface area contributed by atoms with E-state index in [1.54, 1.807) is 25.1 Å². The van der Waals surface area contributed by atoms with Gasteiger partial charge in [-0.15, -0.1) is 6.42 Å². The van der Waals surface area contributed by atoms with Gasteiger partial charge in [-0.3, -0.25) is 19.5 Å². The monoisotopic (exact) mass is 1110 g/mol. The zero-order valence-electron chi connectivity index (χ0n) is 45.5. The highest BCUT2D eigenvalue weighted by Gasteiger charge is 2.37. The van der Waals surface area contributed by atoms with E-state index in [0.29, 0.717) is 96.6 Å². The Morgan fingerprint density at radius 3 is 2.31 bits per heavy atom. The van der Waals surface area contributed by atoms with E-state index >= 15 is 4.39 Å². The first-order valence-electron chi connectivity index (χ1n) is 27.6. The molecule has 3 aromatic heterocycles. The third kappa shape index (κ3) is 12.2. The summed E-state index contributed by atoms with van der Waals surface area (Å²) in [6.07, 6.45) is 13.8. The van der Waals surface area contributed by atoms with Gasteiger partial charge in [-0.25, -0.2) is 22.0 Å². The van der Waals surface area contributed by atoms with Crippen LogP contribution in [0, 0.1) is 53.3 Å². The Labute approximate surface area is 466 Å². The standard InChI is InChI=1S/C46H52F2N8O5.C15H12F3NO/c1-5-33-36(47)11-8-29-19-32(57)20-34(40(29)33)42-41(48)43-35(22-49-42)44(55-23-30-9-10-31(24-55)50-30)52-46(51-43)59-18-17-54-15-12-28(13-16-54)25-60-38-21-37(61-53-38)39(26(2)3)45(58)56-14-6-7-27(56)4;1-9(19-8-20)10-2-4-11(5-3-10)15-13(17)6-12(16)7-14(15)18/h1,8,11,19-22,26-28,30-31,39,50,57H,6-7,9-10,12-18,23-25H2,2-4H3;2-9H,1H3,(H,19,20). The van der Waals surface area contributed by atoms with Gasteiger partial charge in [0.05, 0.1) is 29.2 Å². The maximum atomic E-state index is 16.9. The van der Waals surface area contributed by atoms with E-state index in [0.717, 1.165) is 63.7 Å². The molecule has 11 rings (SSSR count). The number of nitrogens with zero attached hydrogens (tertiary/aromatic N) is 7. The number of aromatic hydroxyl groups is 1. The molecule has 7 heterocycles. The molecule has 0 radical (unpaired) electrons. The number of hydrogen-bond acceptors (Lipinski definition) is 13. The van der Waals surface area contributed by atoms with Crippen molar-refractivity contribution in [3.8, 4) is 52.4 Å². The molecule has 4 saturated heterocycles. The molecule has 4 aliphatic rings. The van der Waals surface area contributed by atoms with Gasteiger partial charge in [-0.1, -0.05) is 50.1 Å². The molecule has 424 valence electrons. The van der Waals surface area contributed by atoms with Crippen molar-refractivity contribution in [2.24, 2.45) is 11.8 Å². The Morgan fingerprint density at radius 1 is 0.914 bits per heavy atom. The molecule has 3 N–H and O–H groups in total. The summed E-state index contributed by atoms with van der Waals surface area (Å²) < 4.78 is 90.0. The Kier molecular flexibility index (Phi) is 17.0. The molecule has 81 heavy (non-hydrogen) atoms. The molecule has 4 fully saturated rings. The number of nitrogens with one attached hydrogen (secondary N) is 2. The van der Waals surface area contributed by atoms with E-state index in [9.17, 15) is 32.3 Å². The molecule has 4 aliphatic heterocycles. The van der Waals surface area contributed by atoms with Gasteiger partial charge in [0.25, 0.3) is 5.88 Å². The maximum Gasteiger partial charge on any atom is 0.319 e. The molecule has 2 amide bonds. The Hall–Kier alpha value is -7.89. The quantitative estimate of drug-likeness (QED) is 0.0475. The Morgan fingerprint density at radius 2 is 1.64 bits per heavy atom. The van der Waals surface area contributed by atoms with Crippen molar-refractivity contribution in [3.63, 3.8) is 0 Å². The van der Waals surface area contributed by atoms with Gasteiger partial charge in [0.1, 0.15) is 58.6 Å². The highest BCUT2D eigenvalue weighted by molar-refractivity contribution is 6.03. The minimum atomic E-state index is -0.954. The van der Waals surface area contributed by atoms with Crippen LogP contribution in [-0.2, 0) is 9.59 Å². The van der Waals surface area contributed by atoms with Crippen LogP contribution in [0.25, 0.3) is 44.1 Å². The molecule has 15 nitrogen and oxygen atoms in total. The molecule has 0 spiro atoms. The summed E-state index contributed by atoms with van der Waals surface area (Å²) >= 11 is 0. The average Bonchev–Trinajstić information content (AvgIpc) is 4.29. The smallest absolute Gasteiger partial charge is 0.319 e. The van der Waals surface area contributed by atoms with E-state index < -0.39 is 35.0 Å². The number of halogens is 5. The predicted molar refractivity (Wildman–Crippen MR) is 296 cm³/mol. The second-order valence-electron chi connectivity index (χ2n) is 21.8. The number of hydrogen-bond donors (Lipinski definition) is 3. The number of phenols is 1. The molecule has 0 saturated carbocycles. The van der Waals surface area contributed by atoms with E-state index in [-0.39, 0.29) is 75.6 Å². The van der Waals surface area contributed by atoms with Gasteiger partial charge in [0.2, 0.25) is 12.3 Å². The fourth-order valence-electron chi connectivity index (χ4n) is 11.7. The first-order chi connectivity index (χ1) is 39.1. The number of likely N-dealkylation sites (tertiary alicyclic amines) is 2. The minimum absolute atomic E-state index is 0.0126. The van der Waals surface area contributed by atoms with Gasteiger partial charge < -0.3 is 39.5 Å². The summed E-state index contributed by atoms with van der Waals surface area (Å²) in [5, 5.41) is 22.1. The molecular formula is C61H64F5N9O6. The second-order valence-corrected chi connectivity index (χ2v) is 21.8. The second kappa shape index (κ2) is 24.5. The van der Waals surface area contributed by atoms with Crippen molar-refractivity contribution in [3.05, 3.63) is 119 Å². The maximum absolute atomic E-state index is 16.9. The largest absolute Gasteiger partial charge is 0.508 e. The molecule has 2 bridgehead atoms. The fourth-order valence-corrected chi connectivity index (χ4v) is 11.7. The number of benzene rings is 4. The van der Waals surface area contributed by atoms with Crippen molar-refractivity contribution in [2.75, 3.05) is 57.4 Å². The first-order valence-corrected chi connectivity index (χ1v) is 27.6. The Balaban J connectivity index is 0.000000310. The number of phenolic OH excluding ortho intramolecular Hbond substituents is 1. The minimum Gasteiger partial charge on any atom is -0.508 e. The van der Waals surface area contributed by atoms with E-state index in [1.165, 1.54) is 42.6 Å². The molecular weight excluding hydrogens is 1050 g/mol. The lowest BCUT2D eigenvalue weighted by molar-refractivity contribution is -0.135. The highest BCUT2D eigenvalue weighted by atomic mass is 19.2. The fraction of sp³-hybridized carbons (Fsp3) is 0.410. The van der Waals surface area contributed by atoms with Crippen molar-refractivity contribution in [1.29, 1.82) is 0 Å². The molecule has 5 atom stereocenters. The van der Waals surface area contributed by atoms with Crippen molar-refractivity contribution < 1.29 is 50.6 Å². The number of rotatable bonds is 16. The number of anilines is 1. The number of carbonyl (C=O) groups excluding carboxylic acids is 2. The van der Waals surface area contributed by atoms with Crippen LogP contribution in [0.3, 0.4) is 0 Å². The van der Waals surface area contributed by atoms with E-state index in [2.05, 4.69) is 48.4 Å². The normalized spacial score (nSPS) is 19.1. The zero-order valence-corrected chi connectivity index (χ0v) is 45.5. The van der Waals surface area contributed by atoms with Crippen molar-refractivity contribution >= 4 is 39.8 Å². The van der Waals surface area contributed by atoms with Crippen LogP contribution in [0.4, 0.5) is 27.8 Å². The third-order valence-corrected chi connectivity index (χ3v) is 16.0.